The van der Waals surface area contributed by atoms with E-state index < -0.39 is 0 Å². The van der Waals surface area contributed by atoms with Gasteiger partial charge in [-0.3, -0.25) is 9.69 Å². The van der Waals surface area contributed by atoms with Crippen LogP contribution in [0.3, 0.4) is 0 Å². The quantitative estimate of drug-likeness (QED) is 0.939. The Hall–Kier alpha value is -1.61. The summed E-state index contributed by atoms with van der Waals surface area (Å²) in [6, 6.07) is 8.97. The van der Waals surface area contributed by atoms with E-state index in [0.29, 0.717) is 23.7 Å². The highest BCUT2D eigenvalue weighted by molar-refractivity contribution is 5.84. The summed E-state index contributed by atoms with van der Waals surface area (Å²) in [5.74, 6) is 1.47. The summed E-state index contributed by atoms with van der Waals surface area (Å²) in [4.78, 5) is 17.8. The largest absolute Gasteiger partial charge is 0.361 e. The molecule has 0 radical (unpaired) electrons. The molecule has 3 unspecified atom stereocenters. The molecule has 3 atom stereocenters. The topological polar surface area (TPSA) is 36.1 Å². The monoisotopic (exact) mass is 282 g/mol. The molecule has 2 bridgehead atoms. The standard InChI is InChI=1S/C18H22N2O/c1-12-8-14-11-20(17(12)9-18(14)21)7-6-13-10-19-16-5-3-2-4-15(13)16/h2-5,10,12,14,17,19H,6-9,11H2,1H3. The van der Waals surface area contributed by atoms with E-state index in [1.807, 2.05) is 0 Å². The van der Waals surface area contributed by atoms with Gasteiger partial charge < -0.3 is 4.98 Å². The number of Topliss-reactive ketones (excluding diaryl/α,β-unsaturated/α-hetero) is 1. The molecule has 0 amide bonds. The molecule has 3 heteroatoms. The van der Waals surface area contributed by atoms with Crippen molar-refractivity contribution in [3.05, 3.63) is 36.0 Å². The fourth-order valence-electron chi connectivity index (χ4n) is 4.25. The molecule has 21 heavy (non-hydrogen) atoms. The smallest absolute Gasteiger partial charge is 0.138 e. The lowest BCUT2D eigenvalue weighted by molar-refractivity contribution is -0.135. The third-order valence-electron chi connectivity index (χ3n) is 5.45. The molecule has 110 valence electrons. The number of carbonyl (C=O) groups excluding carboxylic acids is 1. The normalized spacial score (nSPS) is 29.4. The molecule has 1 saturated carbocycles. The predicted molar refractivity (Wildman–Crippen MR) is 84.3 cm³/mol. The van der Waals surface area contributed by atoms with Gasteiger partial charge in [0.25, 0.3) is 0 Å². The van der Waals surface area contributed by atoms with Gasteiger partial charge in [0.1, 0.15) is 5.78 Å². The maximum absolute atomic E-state index is 11.9. The number of piperidine rings is 2. The zero-order chi connectivity index (χ0) is 14.4. The number of fused-ring (bicyclic) bond motifs is 4. The summed E-state index contributed by atoms with van der Waals surface area (Å²) >= 11 is 0. The van der Waals surface area contributed by atoms with E-state index in [4.69, 9.17) is 0 Å². The van der Waals surface area contributed by atoms with Gasteiger partial charge in [-0.15, -0.1) is 0 Å². The van der Waals surface area contributed by atoms with Crippen molar-refractivity contribution in [3.8, 4) is 0 Å². The Morgan fingerprint density at radius 2 is 2.19 bits per heavy atom. The second-order valence-corrected chi connectivity index (χ2v) is 6.75. The number of rotatable bonds is 3. The highest BCUT2D eigenvalue weighted by atomic mass is 16.1. The van der Waals surface area contributed by atoms with Gasteiger partial charge in [-0.1, -0.05) is 25.1 Å². The zero-order valence-corrected chi connectivity index (χ0v) is 12.5. The van der Waals surface area contributed by atoms with Crippen LogP contribution in [0.4, 0.5) is 0 Å². The van der Waals surface area contributed by atoms with Gasteiger partial charge in [0.2, 0.25) is 0 Å². The van der Waals surface area contributed by atoms with Crippen molar-refractivity contribution in [2.24, 2.45) is 11.8 Å². The SMILES string of the molecule is CC1CC2CN(CCc3c[nH]c4ccccc34)C1CC2=O. The maximum atomic E-state index is 11.9. The lowest BCUT2D eigenvalue weighted by Gasteiger charge is -2.48. The second kappa shape index (κ2) is 4.99. The lowest BCUT2D eigenvalue weighted by Crippen LogP contribution is -2.56. The number of hydrogen-bond acceptors (Lipinski definition) is 2. The van der Waals surface area contributed by atoms with Gasteiger partial charge in [-0.25, -0.2) is 0 Å². The average Bonchev–Trinajstić information content (AvgIpc) is 2.90. The first-order valence-electron chi connectivity index (χ1n) is 8.04. The number of carbonyl (C=O) groups is 1. The third kappa shape index (κ3) is 2.20. The molecular formula is C18H22N2O. The third-order valence-corrected chi connectivity index (χ3v) is 5.45. The van der Waals surface area contributed by atoms with Crippen LogP contribution < -0.4 is 0 Å². The van der Waals surface area contributed by atoms with E-state index in [2.05, 4.69) is 47.3 Å². The summed E-state index contributed by atoms with van der Waals surface area (Å²) in [5.41, 5.74) is 2.61. The van der Waals surface area contributed by atoms with Crippen molar-refractivity contribution in [1.29, 1.82) is 0 Å². The van der Waals surface area contributed by atoms with Crippen LogP contribution >= 0.6 is 0 Å². The van der Waals surface area contributed by atoms with Crippen molar-refractivity contribution < 1.29 is 4.79 Å². The molecule has 1 aromatic heterocycles. The maximum Gasteiger partial charge on any atom is 0.138 e. The average molecular weight is 282 g/mol. The van der Waals surface area contributed by atoms with Crippen LogP contribution in [0.2, 0.25) is 0 Å². The Labute approximate surface area is 125 Å². The molecule has 0 spiro atoms. The van der Waals surface area contributed by atoms with Crippen molar-refractivity contribution in [2.45, 2.75) is 32.2 Å². The summed E-state index contributed by atoms with van der Waals surface area (Å²) in [7, 11) is 0. The molecule has 5 rings (SSSR count). The van der Waals surface area contributed by atoms with Crippen LogP contribution in [0.25, 0.3) is 10.9 Å². The summed E-state index contributed by atoms with van der Waals surface area (Å²) in [5, 5.41) is 1.34. The van der Waals surface area contributed by atoms with Crippen molar-refractivity contribution in [1.82, 2.24) is 9.88 Å². The van der Waals surface area contributed by atoms with Crippen LogP contribution in [0, 0.1) is 11.8 Å². The van der Waals surface area contributed by atoms with E-state index in [-0.39, 0.29) is 0 Å². The zero-order valence-electron chi connectivity index (χ0n) is 12.5. The molecule has 1 N–H and O–H groups in total. The highest BCUT2D eigenvalue weighted by Crippen LogP contribution is 2.36. The van der Waals surface area contributed by atoms with Gasteiger partial charge in [0, 0.05) is 48.6 Å². The van der Waals surface area contributed by atoms with Crippen molar-refractivity contribution >= 4 is 16.7 Å². The number of hydrogen-bond donors (Lipinski definition) is 1. The molecule has 3 nitrogen and oxygen atoms in total. The summed E-state index contributed by atoms with van der Waals surface area (Å²) in [6.45, 7) is 4.36. The van der Waals surface area contributed by atoms with E-state index in [9.17, 15) is 4.79 Å². The number of benzene rings is 1. The van der Waals surface area contributed by atoms with Gasteiger partial charge >= 0.3 is 0 Å². The Morgan fingerprint density at radius 3 is 3.05 bits per heavy atom. The molecule has 3 heterocycles. The van der Waals surface area contributed by atoms with Gasteiger partial charge in [0.15, 0.2) is 0 Å². The first-order valence-corrected chi connectivity index (χ1v) is 8.04. The molecule has 1 aromatic carbocycles. The first-order chi connectivity index (χ1) is 10.2. The minimum atomic E-state index is 0.299. The molecular weight excluding hydrogens is 260 g/mol. The summed E-state index contributed by atoms with van der Waals surface area (Å²) < 4.78 is 0. The first kappa shape index (κ1) is 13.1. The predicted octanol–water partition coefficient (Wildman–Crippen LogP) is 3.01. The minimum Gasteiger partial charge on any atom is -0.361 e. The number of aromatic amines is 1. The molecule has 1 aliphatic carbocycles. The molecule has 3 fully saturated rings. The van der Waals surface area contributed by atoms with Gasteiger partial charge in [-0.05, 0) is 30.4 Å². The highest BCUT2D eigenvalue weighted by Gasteiger charge is 2.43. The number of para-hydroxylation sites is 1. The minimum absolute atomic E-state index is 0.299. The van der Waals surface area contributed by atoms with Crippen molar-refractivity contribution in [3.63, 3.8) is 0 Å². The summed E-state index contributed by atoms with van der Waals surface area (Å²) in [6.07, 6.45) is 5.09. The number of aromatic nitrogens is 1. The van der Waals surface area contributed by atoms with Crippen LogP contribution in [-0.4, -0.2) is 34.8 Å². The van der Waals surface area contributed by atoms with Crippen LogP contribution in [-0.2, 0) is 11.2 Å². The fourth-order valence-corrected chi connectivity index (χ4v) is 4.25. The molecule has 2 aromatic rings. The van der Waals surface area contributed by atoms with E-state index >= 15 is 0 Å². The Bertz CT molecular complexity index is 675. The number of nitrogens with one attached hydrogen (secondary N) is 1. The molecule has 3 aliphatic rings. The molecule has 2 aliphatic heterocycles. The van der Waals surface area contributed by atoms with E-state index in [1.54, 1.807) is 0 Å². The fraction of sp³-hybridized carbons (Fsp3) is 0.500. The second-order valence-electron chi connectivity index (χ2n) is 6.75. The van der Waals surface area contributed by atoms with Gasteiger partial charge in [0.05, 0.1) is 0 Å². The number of nitrogens with zero attached hydrogens (tertiary/aromatic N) is 1. The van der Waals surface area contributed by atoms with Crippen molar-refractivity contribution in [2.75, 3.05) is 13.1 Å². The van der Waals surface area contributed by atoms with Gasteiger partial charge in [-0.2, -0.15) is 0 Å². The Kier molecular flexibility index (Phi) is 3.11. The number of H-pyrrole nitrogens is 1. The van der Waals surface area contributed by atoms with E-state index in [0.717, 1.165) is 32.4 Å². The lowest BCUT2D eigenvalue weighted by atomic mass is 9.72. The Balaban J connectivity index is 1.49. The molecule has 2 saturated heterocycles. The number of ketones is 1. The van der Waals surface area contributed by atoms with E-state index in [1.165, 1.54) is 16.5 Å². The van der Waals surface area contributed by atoms with Crippen LogP contribution in [0.5, 0.6) is 0 Å². The van der Waals surface area contributed by atoms with Crippen LogP contribution in [0.1, 0.15) is 25.3 Å². The van der Waals surface area contributed by atoms with Crippen LogP contribution in [0.15, 0.2) is 30.5 Å². The Morgan fingerprint density at radius 1 is 1.33 bits per heavy atom.